The van der Waals surface area contributed by atoms with E-state index in [-0.39, 0.29) is 5.56 Å². The molecule has 0 bridgehead atoms. The number of benzene rings is 2. The van der Waals surface area contributed by atoms with Gasteiger partial charge in [0.25, 0.3) is 0 Å². The van der Waals surface area contributed by atoms with Gasteiger partial charge in [-0.2, -0.15) is 13.2 Å². The summed E-state index contributed by atoms with van der Waals surface area (Å²) in [6.07, 6.45) is -3.77. The molecular formula is C16H15F3O. The fraction of sp³-hybridized carbons (Fsp3) is 0.250. The molecule has 2 aromatic carbocycles. The first-order valence-electron chi connectivity index (χ1n) is 6.27. The molecule has 0 aliphatic rings. The Morgan fingerprint density at radius 1 is 0.900 bits per heavy atom. The lowest BCUT2D eigenvalue weighted by molar-refractivity contribution is -0.137. The second-order valence-electron chi connectivity index (χ2n) is 4.44. The number of hydrogen-bond donors (Lipinski definition) is 0. The Kier molecular flexibility index (Phi) is 4.45. The smallest absolute Gasteiger partial charge is 0.384 e. The fourth-order valence-electron chi connectivity index (χ4n) is 2.18. The molecule has 0 spiro atoms. The molecule has 4 heteroatoms. The van der Waals surface area contributed by atoms with E-state index in [2.05, 4.69) is 0 Å². The lowest BCUT2D eigenvalue weighted by atomic mass is 9.94. The van der Waals surface area contributed by atoms with E-state index in [9.17, 15) is 13.2 Å². The van der Waals surface area contributed by atoms with Gasteiger partial charge in [0.05, 0.1) is 12.2 Å². The highest BCUT2D eigenvalue weighted by Gasteiger charge is 2.33. The molecule has 2 aromatic rings. The molecule has 0 radical (unpaired) electrons. The van der Waals surface area contributed by atoms with Crippen molar-refractivity contribution >= 4 is 0 Å². The molecule has 0 aliphatic carbocycles. The summed E-state index contributed by atoms with van der Waals surface area (Å²) in [5.74, 6) is 0. The number of halogens is 3. The third-order valence-electron chi connectivity index (χ3n) is 3.12. The van der Waals surface area contributed by atoms with Crippen molar-refractivity contribution in [1.82, 2.24) is 0 Å². The molecule has 0 amide bonds. The molecule has 0 N–H and O–H groups in total. The van der Waals surface area contributed by atoms with Crippen LogP contribution in [0.3, 0.4) is 0 Å². The largest absolute Gasteiger partial charge is 0.417 e. The van der Waals surface area contributed by atoms with Crippen LogP contribution in [0, 0.1) is 0 Å². The second-order valence-corrected chi connectivity index (χ2v) is 4.44. The minimum absolute atomic E-state index is 0.215. The van der Waals surface area contributed by atoms with Crippen LogP contribution in [0.1, 0.15) is 11.1 Å². The number of ether oxygens (including phenoxy) is 1. The molecule has 0 fully saturated rings. The maximum Gasteiger partial charge on any atom is 0.417 e. The van der Waals surface area contributed by atoms with Crippen LogP contribution in [0.25, 0.3) is 11.1 Å². The van der Waals surface area contributed by atoms with Gasteiger partial charge < -0.3 is 4.74 Å². The van der Waals surface area contributed by atoms with Crippen LogP contribution < -0.4 is 0 Å². The summed E-state index contributed by atoms with van der Waals surface area (Å²) < 4.78 is 44.3. The van der Waals surface area contributed by atoms with Crippen LogP contribution in [-0.2, 0) is 17.3 Å². The van der Waals surface area contributed by atoms with Crippen LogP contribution >= 0.6 is 0 Å². The van der Waals surface area contributed by atoms with Gasteiger partial charge in [0, 0.05) is 7.11 Å². The van der Waals surface area contributed by atoms with Crippen molar-refractivity contribution < 1.29 is 17.9 Å². The lowest BCUT2D eigenvalue weighted by Crippen LogP contribution is -2.08. The Hall–Kier alpha value is -1.81. The van der Waals surface area contributed by atoms with Crippen LogP contribution in [0.5, 0.6) is 0 Å². The molecule has 0 heterocycles. The zero-order valence-corrected chi connectivity index (χ0v) is 11.1. The minimum atomic E-state index is -4.36. The average Bonchev–Trinajstić information content (AvgIpc) is 2.44. The Morgan fingerprint density at radius 2 is 1.50 bits per heavy atom. The minimum Gasteiger partial charge on any atom is -0.384 e. The van der Waals surface area contributed by atoms with E-state index >= 15 is 0 Å². The lowest BCUT2D eigenvalue weighted by Gasteiger charge is -2.15. The topological polar surface area (TPSA) is 9.23 Å². The molecule has 2 rings (SSSR count). The Bertz CT molecular complexity index is 576. The van der Waals surface area contributed by atoms with Crippen molar-refractivity contribution in [3.05, 3.63) is 59.7 Å². The molecule has 20 heavy (non-hydrogen) atoms. The fourth-order valence-corrected chi connectivity index (χ4v) is 2.18. The molecule has 1 nitrogen and oxygen atoms in total. The van der Waals surface area contributed by atoms with Gasteiger partial charge in [-0.05, 0) is 29.2 Å². The van der Waals surface area contributed by atoms with Crippen molar-refractivity contribution in [2.75, 3.05) is 13.7 Å². The third kappa shape index (κ3) is 3.20. The van der Waals surface area contributed by atoms with E-state index in [1.165, 1.54) is 12.1 Å². The summed E-state index contributed by atoms with van der Waals surface area (Å²) in [7, 11) is 1.58. The molecule has 0 unspecified atom stereocenters. The van der Waals surface area contributed by atoms with Crippen molar-refractivity contribution in [1.29, 1.82) is 0 Å². The monoisotopic (exact) mass is 280 g/mol. The molecule has 0 aromatic heterocycles. The maximum atomic E-state index is 13.1. The van der Waals surface area contributed by atoms with E-state index in [1.807, 2.05) is 12.1 Å². The number of hydrogen-bond acceptors (Lipinski definition) is 1. The van der Waals surface area contributed by atoms with Crippen LogP contribution in [-0.4, -0.2) is 13.7 Å². The highest BCUT2D eigenvalue weighted by molar-refractivity contribution is 5.71. The summed E-state index contributed by atoms with van der Waals surface area (Å²) >= 11 is 0. The highest BCUT2D eigenvalue weighted by Crippen LogP contribution is 2.38. The number of methoxy groups -OCH3 is 1. The van der Waals surface area contributed by atoms with Gasteiger partial charge in [-0.15, -0.1) is 0 Å². The predicted octanol–water partition coefficient (Wildman–Crippen LogP) is 4.56. The zero-order chi connectivity index (χ0) is 14.6. The first kappa shape index (κ1) is 14.6. The number of rotatable bonds is 4. The van der Waals surface area contributed by atoms with Crippen LogP contribution in [0.15, 0.2) is 48.5 Å². The average molecular weight is 280 g/mol. The van der Waals surface area contributed by atoms with E-state index < -0.39 is 11.7 Å². The normalized spacial score (nSPS) is 11.6. The SMILES string of the molecule is COCCc1ccccc1-c1ccccc1C(F)(F)F. The predicted molar refractivity (Wildman–Crippen MR) is 72.5 cm³/mol. The maximum absolute atomic E-state index is 13.1. The van der Waals surface area contributed by atoms with Crippen LogP contribution in [0.4, 0.5) is 13.2 Å². The Morgan fingerprint density at radius 3 is 2.15 bits per heavy atom. The summed E-state index contributed by atoms with van der Waals surface area (Å²) in [5.41, 5.74) is 1.07. The van der Waals surface area contributed by atoms with E-state index in [4.69, 9.17) is 4.74 Å². The summed E-state index contributed by atoms with van der Waals surface area (Å²) in [5, 5.41) is 0. The summed E-state index contributed by atoms with van der Waals surface area (Å²) in [6.45, 7) is 0.477. The quantitative estimate of drug-likeness (QED) is 0.797. The third-order valence-corrected chi connectivity index (χ3v) is 3.12. The summed E-state index contributed by atoms with van der Waals surface area (Å²) in [4.78, 5) is 0. The Balaban J connectivity index is 2.52. The van der Waals surface area contributed by atoms with Crippen LogP contribution in [0.2, 0.25) is 0 Å². The first-order valence-corrected chi connectivity index (χ1v) is 6.27. The van der Waals surface area contributed by atoms with Gasteiger partial charge in [-0.1, -0.05) is 42.5 Å². The molecular weight excluding hydrogens is 265 g/mol. The van der Waals surface area contributed by atoms with Gasteiger partial charge in [-0.25, -0.2) is 0 Å². The van der Waals surface area contributed by atoms with Crippen molar-refractivity contribution in [2.45, 2.75) is 12.6 Å². The zero-order valence-electron chi connectivity index (χ0n) is 11.1. The van der Waals surface area contributed by atoms with E-state index in [0.29, 0.717) is 18.6 Å². The van der Waals surface area contributed by atoms with Gasteiger partial charge in [0.15, 0.2) is 0 Å². The van der Waals surface area contributed by atoms with Crippen molar-refractivity contribution in [3.63, 3.8) is 0 Å². The van der Waals surface area contributed by atoms with Crippen molar-refractivity contribution in [3.8, 4) is 11.1 Å². The molecule has 0 saturated heterocycles. The molecule has 0 atom stereocenters. The van der Waals surface area contributed by atoms with Crippen molar-refractivity contribution in [2.24, 2.45) is 0 Å². The first-order chi connectivity index (χ1) is 9.54. The second kappa shape index (κ2) is 6.09. The highest BCUT2D eigenvalue weighted by atomic mass is 19.4. The van der Waals surface area contributed by atoms with E-state index in [1.54, 1.807) is 25.3 Å². The molecule has 106 valence electrons. The summed E-state index contributed by atoms with van der Waals surface area (Å²) in [6, 6.07) is 12.8. The van der Waals surface area contributed by atoms with E-state index in [0.717, 1.165) is 11.6 Å². The van der Waals surface area contributed by atoms with Gasteiger partial charge in [0.2, 0.25) is 0 Å². The molecule has 0 saturated carbocycles. The standard InChI is InChI=1S/C16H15F3O/c1-20-11-10-12-6-2-3-7-13(12)14-8-4-5-9-15(14)16(17,18)19/h2-9H,10-11H2,1H3. The Labute approximate surface area is 116 Å². The molecule has 0 aliphatic heterocycles. The number of alkyl halides is 3. The van der Waals surface area contributed by atoms with Gasteiger partial charge in [0.1, 0.15) is 0 Å². The van der Waals surface area contributed by atoms with Gasteiger partial charge >= 0.3 is 6.18 Å². The van der Waals surface area contributed by atoms with Gasteiger partial charge in [-0.3, -0.25) is 0 Å².